The van der Waals surface area contributed by atoms with E-state index in [1.54, 1.807) is 12.0 Å². The maximum absolute atomic E-state index is 12.2. The van der Waals surface area contributed by atoms with E-state index in [9.17, 15) is 19.7 Å². The third-order valence-corrected chi connectivity index (χ3v) is 3.88. The van der Waals surface area contributed by atoms with Gasteiger partial charge in [0.25, 0.3) is 5.69 Å². The molecular weight excluding hydrogens is 326 g/mol. The first-order valence-corrected chi connectivity index (χ1v) is 7.31. The second-order valence-electron chi connectivity index (χ2n) is 5.14. The first-order valence-electron chi connectivity index (χ1n) is 6.94. The number of nitro benzene ring substituents is 1. The molecule has 0 spiro atoms. The number of carbonyl (C=O) groups is 2. The number of hydrogen-bond donors (Lipinski definition) is 1. The molecule has 1 aliphatic rings. The molecule has 23 heavy (non-hydrogen) atoms. The van der Waals surface area contributed by atoms with Crippen molar-refractivity contribution in [3.63, 3.8) is 0 Å². The average molecular weight is 342 g/mol. The number of likely N-dealkylation sites (tertiary alicyclic amines) is 1. The molecule has 0 radical (unpaired) electrons. The number of nitro groups is 1. The minimum absolute atomic E-state index is 0.0770. The van der Waals surface area contributed by atoms with Crippen molar-refractivity contribution in [1.29, 1.82) is 0 Å². The topological polar surface area (TPSA) is 102 Å². The average Bonchev–Trinajstić information content (AvgIpc) is 2.88. The molecule has 0 bridgehead atoms. The Morgan fingerprint density at radius 1 is 1.57 bits per heavy atom. The van der Waals surface area contributed by atoms with E-state index in [1.807, 2.05) is 0 Å². The van der Waals surface area contributed by atoms with Crippen molar-refractivity contribution >= 4 is 34.8 Å². The summed E-state index contributed by atoms with van der Waals surface area (Å²) in [7, 11) is 1.54. The minimum Gasteiger partial charge on any atom is -0.383 e. The predicted molar refractivity (Wildman–Crippen MR) is 83.3 cm³/mol. The summed E-state index contributed by atoms with van der Waals surface area (Å²) in [5.74, 6) is -0.920. The van der Waals surface area contributed by atoms with E-state index in [1.165, 1.54) is 18.2 Å². The lowest BCUT2D eigenvalue weighted by Gasteiger charge is -2.16. The Morgan fingerprint density at radius 2 is 2.30 bits per heavy atom. The van der Waals surface area contributed by atoms with E-state index in [2.05, 4.69) is 5.32 Å². The van der Waals surface area contributed by atoms with Crippen LogP contribution in [0.4, 0.5) is 11.4 Å². The van der Waals surface area contributed by atoms with Crippen LogP contribution in [0.15, 0.2) is 18.2 Å². The molecule has 0 aliphatic carbocycles. The Labute approximate surface area is 137 Å². The molecule has 0 saturated carbocycles. The number of amides is 2. The predicted octanol–water partition coefficient (Wildman–Crippen LogP) is 1.68. The summed E-state index contributed by atoms with van der Waals surface area (Å²) in [5, 5.41) is 13.3. The molecule has 1 aliphatic heterocycles. The second kappa shape index (κ2) is 7.38. The molecular formula is C14H16ClN3O5. The number of benzene rings is 1. The van der Waals surface area contributed by atoms with Gasteiger partial charge in [-0.3, -0.25) is 19.7 Å². The maximum Gasteiger partial charge on any atom is 0.271 e. The molecule has 2 amide bonds. The van der Waals surface area contributed by atoms with Gasteiger partial charge in [0.2, 0.25) is 11.8 Å². The van der Waals surface area contributed by atoms with E-state index < -0.39 is 10.8 Å². The first-order chi connectivity index (χ1) is 10.9. The number of rotatable bonds is 6. The fourth-order valence-electron chi connectivity index (χ4n) is 2.32. The van der Waals surface area contributed by atoms with Crippen molar-refractivity contribution in [2.75, 3.05) is 32.1 Å². The van der Waals surface area contributed by atoms with Crippen molar-refractivity contribution < 1.29 is 19.2 Å². The molecule has 124 valence electrons. The number of anilines is 1. The number of methoxy groups -OCH3 is 1. The van der Waals surface area contributed by atoms with Gasteiger partial charge in [-0.2, -0.15) is 0 Å². The zero-order valence-corrected chi connectivity index (χ0v) is 13.2. The van der Waals surface area contributed by atoms with E-state index in [-0.39, 0.29) is 34.6 Å². The summed E-state index contributed by atoms with van der Waals surface area (Å²) in [4.78, 5) is 35.7. The lowest BCUT2D eigenvalue weighted by molar-refractivity contribution is -0.384. The van der Waals surface area contributed by atoms with Gasteiger partial charge in [-0.1, -0.05) is 11.6 Å². The fraction of sp³-hybridized carbons (Fsp3) is 0.429. The van der Waals surface area contributed by atoms with E-state index in [0.717, 1.165) is 0 Å². The van der Waals surface area contributed by atoms with Crippen molar-refractivity contribution in [2.45, 2.75) is 6.42 Å². The molecule has 1 saturated heterocycles. The number of ether oxygens (including phenoxy) is 1. The maximum atomic E-state index is 12.2. The van der Waals surface area contributed by atoms with Gasteiger partial charge >= 0.3 is 0 Å². The molecule has 1 aromatic rings. The van der Waals surface area contributed by atoms with Crippen LogP contribution in [-0.4, -0.2) is 48.4 Å². The summed E-state index contributed by atoms with van der Waals surface area (Å²) >= 11 is 5.94. The van der Waals surface area contributed by atoms with Gasteiger partial charge in [0, 0.05) is 38.8 Å². The molecule has 1 unspecified atom stereocenters. The fourth-order valence-corrected chi connectivity index (χ4v) is 2.54. The normalized spacial score (nSPS) is 17.4. The highest BCUT2D eigenvalue weighted by molar-refractivity contribution is 6.34. The number of hydrogen-bond acceptors (Lipinski definition) is 5. The van der Waals surface area contributed by atoms with Crippen LogP contribution in [0.2, 0.25) is 5.02 Å². The highest BCUT2D eigenvalue weighted by Crippen LogP contribution is 2.28. The van der Waals surface area contributed by atoms with Crippen molar-refractivity contribution in [1.82, 2.24) is 4.90 Å². The lowest BCUT2D eigenvalue weighted by atomic mass is 10.1. The molecule has 1 aromatic carbocycles. The summed E-state index contributed by atoms with van der Waals surface area (Å²) in [6.07, 6.45) is 0.125. The highest BCUT2D eigenvalue weighted by Gasteiger charge is 2.34. The zero-order valence-electron chi connectivity index (χ0n) is 12.5. The highest BCUT2D eigenvalue weighted by atomic mass is 35.5. The van der Waals surface area contributed by atoms with Gasteiger partial charge in [0.15, 0.2) is 0 Å². The van der Waals surface area contributed by atoms with Gasteiger partial charge in [0.05, 0.1) is 28.2 Å². The number of non-ortho nitro benzene ring substituents is 1. The quantitative estimate of drug-likeness (QED) is 0.626. The Morgan fingerprint density at radius 3 is 2.91 bits per heavy atom. The van der Waals surface area contributed by atoms with Crippen LogP contribution in [0.5, 0.6) is 0 Å². The van der Waals surface area contributed by atoms with Crippen LogP contribution in [0, 0.1) is 16.0 Å². The Hall–Kier alpha value is -2.19. The zero-order chi connectivity index (χ0) is 17.0. The van der Waals surface area contributed by atoms with Crippen LogP contribution < -0.4 is 5.32 Å². The smallest absolute Gasteiger partial charge is 0.271 e. The third kappa shape index (κ3) is 4.17. The Balaban J connectivity index is 2.00. The molecule has 2 rings (SSSR count). The molecule has 1 atom stereocenters. The van der Waals surface area contributed by atoms with Crippen LogP contribution >= 0.6 is 11.6 Å². The monoisotopic (exact) mass is 341 g/mol. The number of nitrogens with zero attached hydrogens (tertiary/aromatic N) is 2. The van der Waals surface area contributed by atoms with Gasteiger partial charge < -0.3 is 15.0 Å². The largest absolute Gasteiger partial charge is 0.383 e. The molecule has 1 heterocycles. The van der Waals surface area contributed by atoms with Crippen molar-refractivity contribution in [3.8, 4) is 0 Å². The number of halogens is 1. The lowest BCUT2D eigenvalue weighted by Crippen LogP contribution is -2.30. The summed E-state index contributed by atoms with van der Waals surface area (Å²) in [6, 6.07) is 3.80. The summed E-state index contributed by atoms with van der Waals surface area (Å²) in [5.41, 5.74) is 0.125. The third-order valence-electron chi connectivity index (χ3n) is 3.57. The van der Waals surface area contributed by atoms with Crippen LogP contribution in [-0.2, 0) is 14.3 Å². The Kier molecular flexibility index (Phi) is 5.51. The summed E-state index contributed by atoms with van der Waals surface area (Å²) in [6.45, 7) is 1.17. The second-order valence-corrected chi connectivity index (χ2v) is 5.55. The van der Waals surface area contributed by atoms with Crippen molar-refractivity contribution in [2.24, 2.45) is 5.92 Å². The van der Waals surface area contributed by atoms with Gasteiger partial charge in [-0.15, -0.1) is 0 Å². The van der Waals surface area contributed by atoms with Gasteiger partial charge in [-0.25, -0.2) is 0 Å². The first kappa shape index (κ1) is 17.2. The number of carbonyl (C=O) groups excluding carboxylic acids is 2. The Bertz CT molecular complexity index is 637. The molecule has 1 N–H and O–H groups in total. The molecule has 0 aromatic heterocycles. The summed E-state index contributed by atoms with van der Waals surface area (Å²) < 4.78 is 4.92. The standard InChI is InChI=1S/C14H16ClN3O5/c1-23-5-4-17-8-9(6-13(17)19)14(20)16-12-3-2-10(18(21)22)7-11(12)15/h2-3,7,9H,4-6,8H2,1H3,(H,16,20). The van der Waals surface area contributed by atoms with Crippen molar-refractivity contribution in [3.05, 3.63) is 33.3 Å². The van der Waals surface area contributed by atoms with E-state index in [0.29, 0.717) is 19.7 Å². The molecule has 1 fully saturated rings. The molecule has 9 heteroatoms. The SMILES string of the molecule is COCCN1CC(C(=O)Nc2ccc([N+](=O)[O-])cc2Cl)CC1=O. The van der Waals surface area contributed by atoms with Crippen LogP contribution in [0.1, 0.15) is 6.42 Å². The van der Waals surface area contributed by atoms with Gasteiger partial charge in [-0.05, 0) is 6.07 Å². The molecule has 8 nitrogen and oxygen atoms in total. The van der Waals surface area contributed by atoms with E-state index in [4.69, 9.17) is 16.3 Å². The van der Waals surface area contributed by atoms with Crippen LogP contribution in [0.25, 0.3) is 0 Å². The van der Waals surface area contributed by atoms with Gasteiger partial charge in [0.1, 0.15) is 0 Å². The minimum atomic E-state index is -0.569. The number of nitrogens with one attached hydrogen (secondary N) is 1. The van der Waals surface area contributed by atoms with Crippen LogP contribution in [0.3, 0.4) is 0 Å². The van der Waals surface area contributed by atoms with E-state index >= 15 is 0 Å².